The predicted octanol–water partition coefficient (Wildman–Crippen LogP) is 2.24. The molecule has 98 valence electrons. The summed E-state index contributed by atoms with van der Waals surface area (Å²) in [6, 6.07) is 3.93. The second-order valence-electron chi connectivity index (χ2n) is 4.69. The van der Waals surface area contributed by atoms with Gasteiger partial charge in [0.1, 0.15) is 11.5 Å². The molecule has 0 heterocycles. The van der Waals surface area contributed by atoms with Gasteiger partial charge in [0.15, 0.2) is 0 Å². The van der Waals surface area contributed by atoms with Gasteiger partial charge in [-0.3, -0.25) is 4.79 Å². The number of hydrogen-bond acceptors (Lipinski definition) is 3. The Labute approximate surface area is 111 Å². The Balaban J connectivity index is 1.91. The summed E-state index contributed by atoms with van der Waals surface area (Å²) < 4.78 is 0. The number of amides is 1. The maximum absolute atomic E-state index is 11.8. The quantitative estimate of drug-likeness (QED) is 0.737. The molecule has 1 aromatic carbocycles. The highest BCUT2D eigenvalue weighted by Gasteiger charge is 2.23. The zero-order chi connectivity index (χ0) is 13.1. The van der Waals surface area contributed by atoms with Crippen molar-refractivity contribution in [3.05, 3.63) is 23.8 Å². The lowest BCUT2D eigenvalue weighted by molar-refractivity contribution is 0.0944. The van der Waals surface area contributed by atoms with Crippen molar-refractivity contribution in [1.82, 2.24) is 5.32 Å². The Morgan fingerprint density at radius 3 is 2.78 bits per heavy atom. The van der Waals surface area contributed by atoms with Crippen LogP contribution in [0.15, 0.2) is 18.2 Å². The van der Waals surface area contributed by atoms with E-state index in [2.05, 4.69) is 5.32 Å². The van der Waals surface area contributed by atoms with E-state index < -0.39 is 0 Å². The van der Waals surface area contributed by atoms with E-state index in [4.69, 9.17) is 16.7 Å². The molecule has 1 saturated carbocycles. The molecule has 3 N–H and O–H groups in total. The summed E-state index contributed by atoms with van der Waals surface area (Å²) in [5.41, 5.74) is 0.174. The average Bonchev–Trinajstić information content (AvgIpc) is 2.72. The second-order valence-corrected chi connectivity index (χ2v) is 5.31. The van der Waals surface area contributed by atoms with Gasteiger partial charge in [-0.2, -0.15) is 0 Å². The largest absolute Gasteiger partial charge is 0.508 e. The number of halogens is 1. The van der Waals surface area contributed by atoms with Gasteiger partial charge in [0.25, 0.3) is 5.91 Å². The van der Waals surface area contributed by atoms with Crippen molar-refractivity contribution in [3.8, 4) is 11.5 Å². The first-order chi connectivity index (χ1) is 8.56. The topological polar surface area (TPSA) is 69.6 Å². The number of rotatable bonds is 3. The monoisotopic (exact) mass is 269 g/mol. The molecular weight excluding hydrogens is 254 g/mol. The number of nitrogens with one attached hydrogen (secondary N) is 1. The van der Waals surface area contributed by atoms with Crippen LogP contribution in [0.2, 0.25) is 0 Å². The summed E-state index contributed by atoms with van der Waals surface area (Å²) in [6.45, 7) is 0.572. The summed E-state index contributed by atoms with van der Waals surface area (Å²) in [4.78, 5) is 11.8. The van der Waals surface area contributed by atoms with Gasteiger partial charge in [0.05, 0.1) is 5.56 Å². The number of carbonyl (C=O) groups excluding carboxylic acids is 1. The number of hydrogen-bond donors (Lipinski definition) is 3. The fourth-order valence-corrected chi connectivity index (χ4v) is 2.62. The number of benzene rings is 1. The number of phenols is 2. The third-order valence-electron chi connectivity index (χ3n) is 3.25. The summed E-state index contributed by atoms with van der Waals surface area (Å²) in [6.07, 6.45) is 2.94. The minimum absolute atomic E-state index is 0.0650. The molecule has 0 spiro atoms. The fraction of sp³-hybridized carbons (Fsp3) is 0.462. The minimum atomic E-state index is -0.328. The molecule has 1 aliphatic rings. The number of phenolic OH excluding ortho intramolecular Hbond substituents is 2. The Morgan fingerprint density at radius 1 is 1.39 bits per heavy atom. The van der Waals surface area contributed by atoms with Gasteiger partial charge >= 0.3 is 0 Å². The molecule has 18 heavy (non-hydrogen) atoms. The Bertz CT molecular complexity index is 450. The normalized spacial score (nSPS) is 22.9. The van der Waals surface area contributed by atoms with E-state index in [-0.39, 0.29) is 28.3 Å². The molecule has 2 atom stereocenters. The van der Waals surface area contributed by atoms with Gasteiger partial charge in [0.2, 0.25) is 0 Å². The van der Waals surface area contributed by atoms with Gasteiger partial charge in [-0.05, 0) is 37.3 Å². The minimum Gasteiger partial charge on any atom is -0.508 e. The highest BCUT2D eigenvalue weighted by molar-refractivity contribution is 6.20. The van der Waals surface area contributed by atoms with Crippen molar-refractivity contribution in [2.45, 2.75) is 24.6 Å². The van der Waals surface area contributed by atoms with E-state index in [1.165, 1.54) is 12.1 Å². The third-order valence-corrected chi connectivity index (χ3v) is 3.65. The van der Waals surface area contributed by atoms with E-state index in [1.807, 2.05) is 0 Å². The van der Waals surface area contributed by atoms with Gasteiger partial charge in [0, 0.05) is 18.0 Å². The lowest BCUT2D eigenvalue weighted by atomic mass is 10.1. The summed E-state index contributed by atoms with van der Waals surface area (Å²) in [5.74, 6) is -0.194. The van der Waals surface area contributed by atoms with Crippen LogP contribution in [-0.2, 0) is 0 Å². The Morgan fingerprint density at radius 2 is 2.17 bits per heavy atom. The molecule has 2 unspecified atom stereocenters. The Hall–Kier alpha value is -1.42. The lowest BCUT2D eigenvalue weighted by Crippen LogP contribution is -2.28. The SMILES string of the molecule is O=C(NCC1CCC(Cl)C1)c1ccc(O)cc1O. The van der Waals surface area contributed by atoms with Crippen LogP contribution in [0.25, 0.3) is 0 Å². The van der Waals surface area contributed by atoms with Gasteiger partial charge in [-0.15, -0.1) is 11.6 Å². The first-order valence-electron chi connectivity index (χ1n) is 6.00. The third kappa shape index (κ3) is 3.07. The molecule has 4 nitrogen and oxygen atoms in total. The molecule has 1 aromatic rings. The zero-order valence-electron chi connectivity index (χ0n) is 9.90. The van der Waals surface area contributed by atoms with Crippen molar-refractivity contribution in [1.29, 1.82) is 0 Å². The zero-order valence-corrected chi connectivity index (χ0v) is 10.7. The maximum atomic E-state index is 11.8. The molecule has 5 heteroatoms. The lowest BCUT2D eigenvalue weighted by Gasteiger charge is -2.11. The second kappa shape index (κ2) is 5.48. The molecule has 0 aliphatic heterocycles. The molecular formula is C13H16ClNO3. The predicted molar refractivity (Wildman–Crippen MR) is 69.1 cm³/mol. The molecule has 0 bridgehead atoms. The molecule has 0 aromatic heterocycles. The van der Waals surface area contributed by atoms with E-state index in [0.29, 0.717) is 12.5 Å². The van der Waals surface area contributed by atoms with Crippen molar-refractivity contribution in [3.63, 3.8) is 0 Å². The number of alkyl halides is 1. The summed E-state index contributed by atoms with van der Waals surface area (Å²) in [7, 11) is 0. The molecule has 0 radical (unpaired) electrons. The average molecular weight is 270 g/mol. The van der Waals surface area contributed by atoms with E-state index >= 15 is 0 Å². The first kappa shape index (κ1) is 13.0. The maximum Gasteiger partial charge on any atom is 0.255 e. The highest BCUT2D eigenvalue weighted by atomic mass is 35.5. The van der Waals surface area contributed by atoms with E-state index in [0.717, 1.165) is 25.3 Å². The van der Waals surface area contributed by atoms with Crippen LogP contribution in [0.3, 0.4) is 0 Å². The highest BCUT2D eigenvalue weighted by Crippen LogP contribution is 2.29. The summed E-state index contributed by atoms with van der Waals surface area (Å²) in [5, 5.41) is 21.7. The fourth-order valence-electron chi connectivity index (χ4n) is 2.24. The van der Waals surface area contributed by atoms with Gasteiger partial charge < -0.3 is 15.5 Å². The number of aromatic hydroxyl groups is 2. The van der Waals surface area contributed by atoms with E-state index in [9.17, 15) is 9.90 Å². The molecule has 0 saturated heterocycles. The van der Waals surface area contributed by atoms with Crippen LogP contribution in [-0.4, -0.2) is 28.0 Å². The van der Waals surface area contributed by atoms with Crippen LogP contribution in [0.5, 0.6) is 11.5 Å². The van der Waals surface area contributed by atoms with Crippen molar-refractivity contribution in [2.24, 2.45) is 5.92 Å². The van der Waals surface area contributed by atoms with Gasteiger partial charge in [-0.25, -0.2) is 0 Å². The van der Waals surface area contributed by atoms with Crippen molar-refractivity contribution in [2.75, 3.05) is 6.54 Å². The molecule has 1 fully saturated rings. The van der Waals surface area contributed by atoms with Crippen LogP contribution in [0, 0.1) is 5.92 Å². The molecule has 1 aliphatic carbocycles. The van der Waals surface area contributed by atoms with Crippen LogP contribution < -0.4 is 5.32 Å². The molecule has 1 amide bonds. The molecule has 2 rings (SSSR count). The van der Waals surface area contributed by atoms with E-state index in [1.54, 1.807) is 0 Å². The van der Waals surface area contributed by atoms with Gasteiger partial charge in [-0.1, -0.05) is 0 Å². The van der Waals surface area contributed by atoms with Crippen LogP contribution in [0.1, 0.15) is 29.6 Å². The standard InChI is InChI=1S/C13H16ClNO3/c14-9-2-1-8(5-9)7-15-13(18)11-4-3-10(16)6-12(11)17/h3-4,6,8-9,16-17H,1-2,5,7H2,(H,15,18). The van der Waals surface area contributed by atoms with Crippen LogP contribution >= 0.6 is 11.6 Å². The summed E-state index contributed by atoms with van der Waals surface area (Å²) >= 11 is 6.00. The van der Waals surface area contributed by atoms with Crippen molar-refractivity contribution >= 4 is 17.5 Å². The van der Waals surface area contributed by atoms with Crippen LogP contribution in [0.4, 0.5) is 0 Å². The van der Waals surface area contributed by atoms with Crippen molar-refractivity contribution < 1.29 is 15.0 Å². The smallest absolute Gasteiger partial charge is 0.255 e. The first-order valence-corrected chi connectivity index (χ1v) is 6.44. The Kier molecular flexibility index (Phi) is 3.97. The number of carbonyl (C=O) groups is 1.